The molecule has 18 heavy (non-hydrogen) atoms. The lowest BCUT2D eigenvalue weighted by atomic mass is 10.2. The molecule has 102 valence electrons. The molecule has 0 spiro atoms. The molecule has 0 saturated heterocycles. The lowest BCUT2D eigenvalue weighted by Crippen LogP contribution is -2.19. The summed E-state index contributed by atoms with van der Waals surface area (Å²) in [5.74, 6) is -0.699. The van der Waals surface area contributed by atoms with Crippen LogP contribution in [-0.4, -0.2) is 24.4 Å². The lowest BCUT2D eigenvalue weighted by Gasteiger charge is -2.01. The van der Waals surface area contributed by atoms with Gasteiger partial charge in [-0.25, -0.2) is 0 Å². The van der Waals surface area contributed by atoms with Gasteiger partial charge in [0.25, 0.3) is 11.8 Å². The number of rotatable bonds is 6. The zero-order valence-corrected chi connectivity index (χ0v) is 11.0. The van der Waals surface area contributed by atoms with Crippen LogP contribution in [0.2, 0.25) is 0 Å². The van der Waals surface area contributed by atoms with Crippen molar-refractivity contribution in [3.8, 4) is 0 Å². The highest BCUT2D eigenvalue weighted by molar-refractivity contribution is 6.12. The number of carbonyl (C=O) groups is 3. The van der Waals surface area contributed by atoms with E-state index in [9.17, 15) is 14.4 Å². The highest BCUT2D eigenvalue weighted by Crippen LogP contribution is 2.00. The SMILES string of the molecule is CCCCCC(=O)OCCC.O=C1C=CC(=O)N1. The number of esters is 1. The Kier molecular flexibility index (Phi) is 9.54. The Bertz CT molecular complexity index is 294. The summed E-state index contributed by atoms with van der Waals surface area (Å²) in [5, 5.41) is 2.03. The summed E-state index contributed by atoms with van der Waals surface area (Å²) in [6.45, 7) is 4.70. The fraction of sp³-hybridized carbons (Fsp3) is 0.615. The second kappa shape index (κ2) is 10.5. The molecule has 0 saturated carbocycles. The van der Waals surface area contributed by atoms with E-state index in [2.05, 4.69) is 6.92 Å². The van der Waals surface area contributed by atoms with Gasteiger partial charge in [0.15, 0.2) is 0 Å². The van der Waals surface area contributed by atoms with Gasteiger partial charge in [-0.15, -0.1) is 0 Å². The Hall–Kier alpha value is -1.65. The minimum absolute atomic E-state index is 0.0414. The second-order valence-electron chi connectivity index (χ2n) is 3.86. The molecule has 0 aliphatic carbocycles. The Labute approximate surface area is 108 Å². The molecule has 0 atom stereocenters. The maximum atomic E-state index is 10.9. The zero-order chi connectivity index (χ0) is 13.8. The summed E-state index contributed by atoms with van der Waals surface area (Å²) in [6, 6.07) is 0. The van der Waals surface area contributed by atoms with Gasteiger partial charge in [0.2, 0.25) is 0 Å². The molecular weight excluding hydrogens is 234 g/mol. The van der Waals surface area contributed by atoms with Gasteiger partial charge in [0.05, 0.1) is 6.61 Å². The zero-order valence-electron chi connectivity index (χ0n) is 11.0. The highest BCUT2D eigenvalue weighted by Gasteiger charge is 2.06. The summed E-state index contributed by atoms with van der Waals surface area (Å²) in [6.07, 6.45) is 7.15. The van der Waals surface area contributed by atoms with Crippen molar-refractivity contribution >= 4 is 17.8 Å². The van der Waals surface area contributed by atoms with Gasteiger partial charge < -0.3 is 4.74 Å². The molecule has 0 aromatic heterocycles. The number of unbranched alkanes of at least 4 members (excludes halogenated alkanes) is 2. The number of ether oxygens (including phenoxy) is 1. The van der Waals surface area contributed by atoms with Crippen LogP contribution in [0.1, 0.15) is 46.0 Å². The van der Waals surface area contributed by atoms with Gasteiger partial charge in [0.1, 0.15) is 0 Å². The summed E-state index contributed by atoms with van der Waals surface area (Å²) < 4.78 is 4.90. The normalized spacial score (nSPS) is 12.8. The van der Waals surface area contributed by atoms with Crippen molar-refractivity contribution in [2.24, 2.45) is 0 Å². The first kappa shape index (κ1) is 16.4. The number of hydrogen-bond donors (Lipinski definition) is 1. The van der Waals surface area contributed by atoms with Gasteiger partial charge in [-0.1, -0.05) is 26.7 Å². The van der Waals surface area contributed by atoms with Gasteiger partial charge in [-0.2, -0.15) is 0 Å². The van der Waals surface area contributed by atoms with Crippen molar-refractivity contribution in [3.63, 3.8) is 0 Å². The van der Waals surface area contributed by atoms with Crippen molar-refractivity contribution < 1.29 is 19.1 Å². The molecule has 0 fully saturated rings. The quantitative estimate of drug-likeness (QED) is 0.445. The van der Waals surface area contributed by atoms with Crippen molar-refractivity contribution in [3.05, 3.63) is 12.2 Å². The first-order valence-electron chi connectivity index (χ1n) is 6.28. The minimum Gasteiger partial charge on any atom is -0.466 e. The van der Waals surface area contributed by atoms with Crippen LogP contribution in [0.3, 0.4) is 0 Å². The fourth-order valence-corrected chi connectivity index (χ4v) is 1.16. The molecule has 5 heteroatoms. The number of hydrogen-bond acceptors (Lipinski definition) is 4. The van der Waals surface area contributed by atoms with Gasteiger partial charge >= 0.3 is 5.97 Å². The smallest absolute Gasteiger partial charge is 0.305 e. The predicted molar refractivity (Wildman–Crippen MR) is 67.7 cm³/mol. The summed E-state index contributed by atoms with van der Waals surface area (Å²) in [5.41, 5.74) is 0. The monoisotopic (exact) mass is 255 g/mol. The maximum absolute atomic E-state index is 10.9. The maximum Gasteiger partial charge on any atom is 0.305 e. The Balaban J connectivity index is 0.000000351. The molecule has 0 bridgehead atoms. The number of carbonyl (C=O) groups excluding carboxylic acids is 3. The molecule has 1 aliphatic heterocycles. The van der Waals surface area contributed by atoms with Crippen LogP contribution in [0, 0.1) is 0 Å². The van der Waals surface area contributed by atoms with Gasteiger partial charge in [-0.3, -0.25) is 19.7 Å². The molecular formula is C13H21NO4. The first-order valence-corrected chi connectivity index (χ1v) is 6.28. The van der Waals surface area contributed by atoms with Crippen molar-refractivity contribution in [1.82, 2.24) is 5.32 Å². The van der Waals surface area contributed by atoms with E-state index in [1.54, 1.807) is 0 Å². The minimum atomic E-state index is -0.329. The lowest BCUT2D eigenvalue weighted by molar-refractivity contribution is -0.143. The molecule has 1 N–H and O–H groups in total. The molecule has 1 heterocycles. The van der Waals surface area contributed by atoms with Crippen LogP contribution >= 0.6 is 0 Å². The van der Waals surface area contributed by atoms with Crippen molar-refractivity contribution in [2.45, 2.75) is 46.0 Å². The van der Waals surface area contributed by atoms with Crippen molar-refractivity contribution in [1.29, 1.82) is 0 Å². The number of imide groups is 1. The van der Waals surface area contributed by atoms with E-state index in [4.69, 9.17) is 4.74 Å². The third-order valence-electron chi connectivity index (χ3n) is 2.08. The Morgan fingerprint density at radius 2 is 1.72 bits per heavy atom. The van der Waals surface area contributed by atoms with E-state index >= 15 is 0 Å². The number of amides is 2. The molecule has 0 unspecified atom stereocenters. The van der Waals surface area contributed by atoms with E-state index in [1.807, 2.05) is 12.2 Å². The average Bonchev–Trinajstić information content (AvgIpc) is 2.72. The van der Waals surface area contributed by atoms with Crippen molar-refractivity contribution in [2.75, 3.05) is 6.61 Å². The van der Waals surface area contributed by atoms with E-state index in [-0.39, 0.29) is 17.8 Å². The Morgan fingerprint density at radius 1 is 1.11 bits per heavy atom. The van der Waals surface area contributed by atoms with Crippen LogP contribution in [0.15, 0.2) is 12.2 Å². The van der Waals surface area contributed by atoms with E-state index < -0.39 is 0 Å². The third-order valence-corrected chi connectivity index (χ3v) is 2.08. The second-order valence-corrected chi connectivity index (χ2v) is 3.86. The first-order chi connectivity index (χ1) is 8.60. The van der Waals surface area contributed by atoms with E-state index in [0.29, 0.717) is 13.0 Å². The molecule has 0 radical (unpaired) electrons. The predicted octanol–water partition coefficient (Wildman–Crippen LogP) is 1.72. The molecule has 1 rings (SSSR count). The van der Waals surface area contributed by atoms with Crippen LogP contribution in [0.25, 0.3) is 0 Å². The number of nitrogens with one attached hydrogen (secondary N) is 1. The average molecular weight is 255 g/mol. The van der Waals surface area contributed by atoms with Gasteiger partial charge in [-0.05, 0) is 12.8 Å². The summed E-state index contributed by atoms with van der Waals surface area (Å²) in [4.78, 5) is 30.9. The third kappa shape index (κ3) is 9.57. The van der Waals surface area contributed by atoms with Crippen LogP contribution in [0.4, 0.5) is 0 Å². The summed E-state index contributed by atoms with van der Waals surface area (Å²) >= 11 is 0. The standard InChI is InChI=1S/C9H18O2.C4H3NO2/c1-3-5-6-7-9(10)11-8-4-2;6-3-1-2-4(7)5-3/h3-8H2,1-2H3;1-2H,(H,5,6,7). The van der Waals surface area contributed by atoms with E-state index in [0.717, 1.165) is 25.7 Å². The highest BCUT2D eigenvalue weighted by atomic mass is 16.5. The topological polar surface area (TPSA) is 72.5 Å². The summed E-state index contributed by atoms with van der Waals surface area (Å²) in [7, 11) is 0. The van der Waals surface area contributed by atoms with Crippen LogP contribution < -0.4 is 5.32 Å². The van der Waals surface area contributed by atoms with E-state index in [1.165, 1.54) is 12.2 Å². The molecule has 0 aromatic carbocycles. The largest absolute Gasteiger partial charge is 0.466 e. The molecule has 5 nitrogen and oxygen atoms in total. The molecule has 1 aliphatic rings. The fourth-order valence-electron chi connectivity index (χ4n) is 1.16. The molecule has 2 amide bonds. The molecule has 0 aromatic rings. The Morgan fingerprint density at radius 3 is 2.11 bits per heavy atom. The van der Waals surface area contributed by atoms with Gasteiger partial charge in [0, 0.05) is 18.6 Å². The van der Waals surface area contributed by atoms with Crippen LogP contribution in [0.5, 0.6) is 0 Å². The van der Waals surface area contributed by atoms with Crippen LogP contribution in [-0.2, 0) is 19.1 Å².